The molecule has 0 fully saturated rings. The third-order valence-electron chi connectivity index (χ3n) is 2.90. The van der Waals surface area contributed by atoms with Gasteiger partial charge >= 0.3 is 12.3 Å². The minimum absolute atomic E-state index is 0.358. The Morgan fingerprint density at radius 1 is 0.818 bits per heavy atom. The van der Waals surface area contributed by atoms with Crippen molar-refractivity contribution >= 4 is 39.8 Å². The fourth-order valence-electron chi connectivity index (χ4n) is 1.80. The summed E-state index contributed by atoms with van der Waals surface area (Å²) in [5.41, 5.74) is 6.48. The second kappa shape index (κ2) is 18.4. The van der Waals surface area contributed by atoms with Gasteiger partial charge in [0.15, 0.2) is 5.82 Å². The number of carbonyl (C=O) groups is 2. The zero-order valence-corrected chi connectivity index (χ0v) is 18.5. The molecule has 11 heteroatoms. The van der Waals surface area contributed by atoms with Crippen LogP contribution in [0.1, 0.15) is 6.92 Å². The number of benzene rings is 2. The molecular formula is C22H25N3O7S. The van der Waals surface area contributed by atoms with Crippen LogP contribution in [0.3, 0.4) is 0 Å². The van der Waals surface area contributed by atoms with Gasteiger partial charge in [-0.3, -0.25) is 0 Å². The molecule has 6 N–H and O–H groups in total. The van der Waals surface area contributed by atoms with E-state index in [1.807, 2.05) is 91.2 Å². The number of nitrogens with zero attached hydrogens (tertiary/aromatic N) is 2. The third kappa shape index (κ3) is 17.0. The van der Waals surface area contributed by atoms with Gasteiger partial charge in [0.25, 0.3) is 5.88 Å². The summed E-state index contributed by atoms with van der Waals surface area (Å²) >= 11 is 1.52. The molecule has 176 valence electrons. The van der Waals surface area contributed by atoms with E-state index in [0.29, 0.717) is 18.3 Å². The molecule has 0 saturated carbocycles. The summed E-state index contributed by atoms with van der Waals surface area (Å²) in [6.45, 7) is 2.44. The number of ether oxygens (including phenoxy) is 1. The topological polar surface area (TPSA) is 176 Å². The van der Waals surface area contributed by atoms with E-state index in [1.54, 1.807) is 0 Å². The maximum Gasteiger partial charge on any atom is 0.503 e. The van der Waals surface area contributed by atoms with Crippen LogP contribution in [0.4, 0.5) is 15.4 Å². The second-order valence-corrected chi connectivity index (χ2v) is 6.23. The number of anilines is 1. The van der Waals surface area contributed by atoms with E-state index in [-0.39, 0.29) is 0 Å². The predicted octanol–water partition coefficient (Wildman–Crippen LogP) is 5.49. The lowest BCUT2D eigenvalue weighted by Gasteiger charge is -2.03. The van der Waals surface area contributed by atoms with Crippen molar-refractivity contribution in [3.8, 4) is 5.88 Å². The van der Waals surface area contributed by atoms with Gasteiger partial charge in [0.05, 0.1) is 6.61 Å². The highest BCUT2D eigenvalue weighted by atomic mass is 32.1. The van der Waals surface area contributed by atoms with E-state index in [2.05, 4.69) is 9.97 Å². The van der Waals surface area contributed by atoms with Crippen LogP contribution in [0.2, 0.25) is 0 Å². The zero-order chi connectivity index (χ0) is 24.9. The number of aromatic nitrogens is 2. The van der Waals surface area contributed by atoms with Crippen LogP contribution >= 0.6 is 11.3 Å². The minimum Gasteiger partial charge on any atom is -0.475 e. The van der Waals surface area contributed by atoms with Crippen molar-refractivity contribution in [2.24, 2.45) is 0 Å². The van der Waals surface area contributed by atoms with Gasteiger partial charge in [0.1, 0.15) is 10.3 Å². The Morgan fingerprint density at radius 2 is 1.18 bits per heavy atom. The molecule has 2 aromatic carbocycles. The molecule has 33 heavy (non-hydrogen) atoms. The fraction of sp³-hybridized carbons (Fsp3) is 0.0909. The molecule has 0 amide bonds. The van der Waals surface area contributed by atoms with Gasteiger partial charge in [0, 0.05) is 0 Å². The third-order valence-corrected chi connectivity index (χ3v) is 3.70. The number of carboxylic acid groups (broad SMARTS) is 4. The number of nitrogen functional groups attached to an aromatic ring is 1. The highest BCUT2D eigenvalue weighted by molar-refractivity contribution is 7.16. The van der Waals surface area contributed by atoms with Crippen LogP contribution < -0.4 is 10.5 Å². The van der Waals surface area contributed by atoms with E-state index >= 15 is 0 Å². The molecule has 4 aromatic rings. The van der Waals surface area contributed by atoms with Crippen molar-refractivity contribution in [3.63, 3.8) is 0 Å². The van der Waals surface area contributed by atoms with Crippen molar-refractivity contribution < 1.29 is 34.8 Å². The van der Waals surface area contributed by atoms with Crippen LogP contribution in [0.15, 0.2) is 84.2 Å². The second-order valence-electron chi connectivity index (χ2n) is 5.33. The van der Waals surface area contributed by atoms with Gasteiger partial charge in [-0.1, -0.05) is 72.8 Å². The average Bonchev–Trinajstić information content (AvgIpc) is 3.24. The van der Waals surface area contributed by atoms with Crippen molar-refractivity contribution in [3.05, 3.63) is 84.2 Å². The number of rotatable bonds is 2. The van der Waals surface area contributed by atoms with Crippen molar-refractivity contribution in [1.29, 1.82) is 0 Å². The molecule has 2 heterocycles. The van der Waals surface area contributed by atoms with E-state index < -0.39 is 12.3 Å². The van der Waals surface area contributed by atoms with Crippen LogP contribution in [-0.4, -0.2) is 49.3 Å². The van der Waals surface area contributed by atoms with E-state index in [1.165, 1.54) is 11.3 Å². The average molecular weight is 476 g/mol. The molecule has 4 rings (SSSR count). The predicted molar refractivity (Wildman–Crippen MR) is 127 cm³/mol. The molecule has 0 radical (unpaired) electrons. The fourth-order valence-corrected chi connectivity index (χ4v) is 2.51. The molecule has 0 atom stereocenters. The van der Waals surface area contributed by atoms with Crippen LogP contribution in [-0.2, 0) is 0 Å². The highest BCUT2D eigenvalue weighted by Crippen LogP contribution is 2.23. The lowest BCUT2D eigenvalue weighted by Crippen LogP contribution is -2.01. The Labute approximate surface area is 194 Å². The van der Waals surface area contributed by atoms with Gasteiger partial charge in [0.2, 0.25) is 0 Å². The standard InChI is InChI=1S/C8H9N3OS.2C6H6.2CH2O3/c1-2-12-7-6(9)11-8-5(10-7)3-4-13-8;2*1-2-4-6-5-3-1;2*2-1(3)4/h3-4H,2H2,1H3,(H2,9,11);2*1-6H;2*(H2,2,3,4). The Hall–Kier alpha value is -4.38. The Bertz CT molecular complexity index is 927. The quantitative estimate of drug-likeness (QED) is 0.249. The normalized spacial score (nSPS) is 8.52. The largest absolute Gasteiger partial charge is 0.503 e. The molecule has 2 aromatic heterocycles. The molecule has 0 aliphatic carbocycles. The van der Waals surface area contributed by atoms with E-state index in [9.17, 15) is 0 Å². The van der Waals surface area contributed by atoms with Crippen molar-refractivity contribution in [1.82, 2.24) is 9.97 Å². The van der Waals surface area contributed by atoms with Crippen molar-refractivity contribution in [2.45, 2.75) is 6.92 Å². The smallest absolute Gasteiger partial charge is 0.475 e. The lowest BCUT2D eigenvalue weighted by molar-refractivity contribution is 0.135. The molecule has 0 spiro atoms. The first-order chi connectivity index (χ1) is 15.8. The Kier molecular flexibility index (Phi) is 16.0. The summed E-state index contributed by atoms with van der Waals surface area (Å²) in [6.07, 6.45) is -3.67. The number of hydrogen-bond acceptors (Lipinski definition) is 7. The molecule has 0 unspecified atom stereocenters. The summed E-state index contributed by atoms with van der Waals surface area (Å²) in [7, 11) is 0. The number of hydrogen-bond donors (Lipinski definition) is 5. The molecule has 0 aliphatic rings. The molecule has 0 bridgehead atoms. The van der Waals surface area contributed by atoms with Crippen LogP contribution in [0.5, 0.6) is 5.88 Å². The van der Waals surface area contributed by atoms with Gasteiger partial charge in [-0.05, 0) is 18.4 Å². The summed E-state index contributed by atoms with van der Waals surface area (Å²) in [6, 6.07) is 25.9. The lowest BCUT2D eigenvalue weighted by atomic mass is 10.4. The maximum absolute atomic E-state index is 8.56. The summed E-state index contributed by atoms with van der Waals surface area (Å²) in [5.74, 6) is 0.783. The summed E-state index contributed by atoms with van der Waals surface area (Å²) in [4.78, 5) is 26.3. The van der Waals surface area contributed by atoms with Crippen LogP contribution in [0, 0.1) is 0 Å². The Balaban J connectivity index is 0.000000432. The van der Waals surface area contributed by atoms with Gasteiger partial charge in [-0.2, -0.15) is 0 Å². The van der Waals surface area contributed by atoms with Gasteiger partial charge < -0.3 is 30.9 Å². The summed E-state index contributed by atoms with van der Waals surface area (Å²) < 4.78 is 5.22. The Morgan fingerprint density at radius 3 is 1.52 bits per heavy atom. The molecule has 10 nitrogen and oxygen atoms in total. The first kappa shape index (κ1) is 28.6. The first-order valence-electron chi connectivity index (χ1n) is 9.25. The van der Waals surface area contributed by atoms with Crippen LogP contribution in [0.25, 0.3) is 10.3 Å². The summed E-state index contributed by atoms with van der Waals surface area (Å²) in [5, 5.41) is 29.8. The highest BCUT2D eigenvalue weighted by Gasteiger charge is 2.06. The molecule has 0 saturated heterocycles. The number of fused-ring (bicyclic) bond motifs is 1. The number of nitrogens with two attached hydrogens (primary N) is 1. The van der Waals surface area contributed by atoms with Crippen molar-refractivity contribution in [2.75, 3.05) is 12.3 Å². The van der Waals surface area contributed by atoms with Gasteiger partial charge in [-0.15, -0.1) is 11.3 Å². The SMILES string of the molecule is CCOc1nc2ccsc2nc1N.O=C(O)O.O=C(O)O.c1ccccc1.c1ccccc1. The maximum atomic E-state index is 8.56. The van der Waals surface area contributed by atoms with E-state index in [4.69, 9.17) is 40.5 Å². The zero-order valence-electron chi connectivity index (χ0n) is 17.7. The first-order valence-corrected chi connectivity index (χ1v) is 10.1. The van der Waals surface area contributed by atoms with Gasteiger partial charge in [-0.25, -0.2) is 19.6 Å². The molecular weight excluding hydrogens is 450 g/mol. The number of thiophene rings is 1. The van der Waals surface area contributed by atoms with E-state index in [0.717, 1.165) is 10.3 Å². The molecule has 0 aliphatic heterocycles. The monoisotopic (exact) mass is 475 g/mol. The minimum atomic E-state index is -1.83.